The normalized spacial score (nSPS) is 15.5. The van der Waals surface area contributed by atoms with Gasteiger partial charge in [0.25, 0.3) is 5.91 Å². The van der Waals surface area contributed by atoms with Crippen LogP contribution in [0.4, 0.5) is 19.0 Å². The smallest absolute Gasteiger partial charge is 0.365 e. The highest BCUT2D eigenvalue weighted by molar-refractivity contribution is 7.93. The molecule has 0 bridgehead atoms. The predicted molar refractivity (Wildman–Crippen MR) is 124 cm³/mol. The van der Waals surface area contributed by atoms with Gasteiger partial charge in [0.2, 0.25) is 0 Å². The number of nitrogens with zero attached hydrogens (tertiary/aromatic N) is 2. The molecule has 2 aromatic heterocycles. The van der Waals surface area contributed by atoms with Crippen LogP contribution in [0.1, 0.15) is 34.5 Å². The number of amides is 1. The number of para-hydroxylation sites is 1. The quantitative estimate of drug-likeness (QED) is 0.466. The number of aromatic nitrogens is 2. The lowest BCUT2D eigenvalue weighted by Gasteiger charge is -2.18. The average Bonchev–Trinajstić information content (AvgIpc) is 3.49. The van der Waals surface area contributed by atoms with Gasteiger partial charge in [-0.1, -0.05) is 18.2 Å². The van der Waals surface area contributed by atoms with Gasteiger partial charge in [-0.05, 0) is 42.5 Å². The first kappa shape index (κ1) is 24.1. The van der Waals surface area contributed by atoms with Crippen molar-refractivity contribution in [1.82, 2.24) is 15.3 Å². The Bertz CT molecular complexity index is 1350. The summed E-state index contributed by atoms with van der Waals surface area (Å²) in [5, 5.41) is 6.61. The molecular formula is C22H21F3N4O3S2. The van der Waals surface area contributed by atoms with Crippen molar-refractivity contribution < 1.29 is 26.4 Å². The van der Waals surface area contributed by atoms with Gasteiger partial charge < -0.3 is 10.6 Å². The lowest BCUT2D eigenvalue weighted by atomic mass is 10.1. The SMILES string of the molecule is CS(=O)(=O)/C=C/[C@@H](NC(=O)c1ccc(C(F)(F)F)nc1NCc1cccc2scnc12)C1CC1. The number of sulfone groups is 1. The van der Waals surface area contributed by atoms with Crippen LogP contribution < -0.4 is 10.6 Å². The van der Waals surface area contributed by atoms with Gasteiger partial charge in [0.15, 0.2) is 9.84 Å². The van der Waals surface area contributed by atoms with E-state index in [-0.39, 0.29) is 23.8 Å². The van der Waals surface area contributed by atoms with E-state index in [1.807, 2.05) is 12.1 Å². The van der Waals surface area contributed by atoms with Crippen LogP contribution >= 0.6 is 11.3 Å². The van der Waals surface area contributed by atoms with Crippen LogP contribution in [0.15, 0.2) is 47.3 Å². The largest absolute Gasteiger partial charge is 0.433 e. The number of anilines is 1. The number of halogens is 3. The summed E-state index contributed by atoms with van der Waals surface area (Å²) in [6, 6.07) is 6.77. The van der Waals surface area contributed by atoms with Crippen molar-refractivity contribution in [3.63, 3.8) is 0 Å². The molecule has 1 aromatic carbocycles. The molecule has 1 amide bonds. The van der Waals surface area contributed by atoms with Crippen molar-refractivity contribution in [3.8, 4) is 0 Å². The molecule has 1 aliphatic carbocycles. The van der Waals surface area contributed by atoms with E-state index in [1.54, 1.807) is 11.6 Å². The van der Waals surface area contributed by atoms with Crippen molar-refractivity contribution in [2.45, 2.75) is 31.6 Å². The molecule has 0 aliphatic heterocycles. The number of fused-ring (bicyclic) bond motifs is 1. The number of hydrogen-bond acceptors (Lipinski definition) is 7. The van der Waals surface area contributed by atoms with Crippen molar-refractivity contribution in [2.24, 2.45) is 5.92 Å². The van der Waals surface area contributed by atoms with Crippen LogP contribution in [0.25, 0.3) is 10.2 Å². The highest BCUT2D eigenvalue weighted by Crippen LogP contribution is 2.34. The van der Waals surface area contributed by atoms with Gasteiger partial charge in [0.05, 0.1) is 27.3 Å². The van der Waals surface area contributed by atoms with Crippen LogP contribution in [0.2, 0.25) is 0 Å². The lowest BCUT2D eigenvalue weighted by Crippen LogP contribution is -2.35. The predicted octanol–water partition coefficient (Wildman–Crippen LogP) is 4.39. The molecule has 34 heavy (non-hydrogen) atoms. The molecule has 7 nitrogen and oxygen atoms in total. The number of thiazole rings is 1. The Labute approximate surface area is 198 Å². The molecule has 4 rings (SSSR count). The molecule has 3 aromatic rings. The first-order valence-corrected chi connectivity index (χ1v) is 13.2. The Morgan fingerprint density at radius 3 is 2.71 bits per heavy atom. The van der Waals surface area contributed by atoms with Gasteiger partial charge in [-0.2, -0.15) is 13.2 Å². The van der Waals surface area contributed by atoms with E-state index in [9.17, 15) is 26.4 Å². The molecule has 1 aliphatic rings. The van der Waals surface area contributed by atoms with Crippen molar-refractivity contribution >= 4 is 43.1 Å². The summed E-state index contributed by atoms with van der Waals surface area (Å²) in [6.07, 6.45) is -0.617. The molecule has 2 N–H and O–H groups in total. The van der Waals surface area contributed by atoms with Gasteiger partial charge in [-0.15, -0.1) is 11.3 Å². The third kappa shape index (κ3) is 5.92. The number of carbonyl (C=O) groups is 1. The first-order valence-electron chi connectivity index (χ1n) is 10.3. The van der Waals surface area contributed by atoms with Crippen molar-refractivity contribution in [2.75, 3.05) is 11.6 Å². The van der Waals surface area contributed by atoms with Gasteiger partial charge in [-0.25, -0.2) is 18.4 Å². The lowest BCUT2D eigenvalue weighted by molar-refractivity contribution is -0.141. The van der Waals surface area contributed by atoms with E-state index >= 15 is 0 Å². The number of nitrogens with one attached hydrogen (secondary N) is 2. The van der Waals surface area contributed by atoms with E-state index in [2.05, 4.69) is 20.6 Å². The maximum Gasteiger partial charge on any atom is 0.433 e. The van der Waals surface area contributed by atoms with Crippen molar-refractivity contribution in [3.05, 3.63) is 64.1 Å². The third-order valence-corrected chi connectivity index (χ3v) is 6.73. The van der Waals surface area contributed by atoms with E-state index in [0.717, 1.165) is 52.4 Å². The highest BCUT2D eigenvalue weighted by atomic mass is 32.2. The molecule has 0 radical (unpaired) electrons. The number of alkyl halides is 3. The Kier molecular flexibility index (Phi) is 6.63. The Balaban J connectivity index is 1.61. The van der Waals surface area contributed by atoms with E-state index in [1.165, 1.54) is 17.4 Å². The summed E-state index contributed by atoms with van der Waals surface area (Å²) in [5.74, 6) is -0.796. The molecule has 1 fully saturated rings. The first-order chi connectivity index (χ1) is 16.0. The topological polar surface area (TPSA) is 101 Å². The van der Waals surface area contributed by atoms with E-state index in [0.29, 0.717) is 0 Å². The molecular weight excluding hydrogens is 489 g/mol. The zero-order valence-corrected chi connectivity index (χ0v) is 19.6. The summed E-state index contributed by atoms with van der Waals surface area (Å²) in [7, 11) is -3.39. The molecule has 0 spiro atoms. The number of hydrogen-bond donors (Lipinski definition) is 2. The Hall–Kier alpha value is -2.99. The fraction of sp³-hybridized carbons (Fsp3) is 0.318. The number of rotatable bonds is 8. The van der Waals surface area contributed by atoms with E-state index in [4.69, 9.17) is 0 Å². The fourth-order valence-electron chi connectivity index (χ4n) is 3.44. The minimum absolute atomic E-state index is 0.0723. The zero-order valence-electron chi connectivity index (χ0n) is 18.0. The van der Waals surface area contributed by atoms with Gasteiger partial charge >= 0.3 is 6.18 Å². The number of benzene rings is 1. The summed E-state index contributed by atoms with van der Waals surface area (Å²) < 4.78 is 63.8. The second-order valence-electron chi connectivity index (χ2n) is 8.05. The summed E-state index contributed by atoms with van der Waals surface area (Å²) in [4.78, 5) is 21.0. The minimum Gasteiger partial charge on any atom is -0.365 e. The maximum absolute atomic E-state index is 13.3. The van der Waals surface area contributed by atoms with Crippen LogP contribution in [0, 0.1) is 5.92 Å². The van der Waals surface area contributed by atoms with Gasteiger partial charge in [0.1, 0.15) is 11.5 Å². The molecule has 0 unspecified atom stereocenters. The monoisotopic (exact) mass is 510 g/mol. The summed E-state index contributed by atoms with van der Waals surface area (Å²) in [5.41, 5.74) is 1.94. The molecule has 1 atom stereocenters. The second kappa shape index (κ2) is 9.34. The van der Waals surface area contributed by atoms with Crippen LogP contribution in [0.3, 0.4) is 0 Å². The number of pyridine rings is 1. The average molecular weight is 511 g/mol. The molecule has 2 heterocycles. The molecule has 180 valence electrons. The van der Waals surface area contributed by atoms with Crippen LogP contribution in [0.5, 0.6) is 0 Å². The zero-order chi connectivity index (χ0) is 24.5. The highest BCUT2D eigenvalue weighted by Gasteiger charge is 2.35. The summed E-state index contributed by atoms with van der Waals surface area (Å²) in [6.45, 7) is 0.107. The maximum atomic E-state index is 13.3. The standard InChI is InChI=1S/C22H21F3N4O3S2/c1-34(31,32)10-9-16(13-5-6-13)28-21(30)15-7-8-18(22(23,24)25)29-20(15)26-11-14-3-2-4-17-19(14)27-12-33-17/h2-4,7-10,12-13,16H,5-6,11H2,1H3,(H,26,29)(H,28,30)/b10-9+/t16-/m1/s1. The fourth-order valence-corrected chi connectivity index (χ4v) is 4.62. The Morgan fingerprint density at radius 1 is 1.26 bits per heavy atom. The van der Waals surface area contributed by atoms with Crippen LogP contribution in [-0.2, 0) is 22.6 Å². The third-order valence-electron chi connectivity index (χ3n) is 5.28. The second-order valence-corrected chi connectivity index (χ2v) is 10.9. The van der Waals surface area contributed by atoms with Gasteiger partial charge in [-0.3, -0.25) is 4.79 Å². The summed E-state index contributed by atoms with van der Waals surface area (Å²) >= 11 is 1.44. The minimum atomic E-state index is -4.69. The Morgan fingerprint density at radius 2 is 2.03 bits per heavy atom. The van der Waals surface area contributed by atoms with Gasteiger partial charge in [0, 0.05) is 18.2 Å². The molecule has 12 heteroatoms. The molecule has 0 saturated heterocycles. The van der Waals surface area contributed by atoms with E-state index < -0.39 is 33.7 Å². The van der Waals surface area contributed by atoms with Crippen molar-refractivity contribution in [1.29, 1.82) is 0 Å². The van der Waals surface area contributed by atoms with Crippen LogP contribution in [-0.4, -0.2) is 36.6 Å². The number of carbonyl (C=O) groups excluding carboxylic acids is 1. The molecule has 1 saturated carbocycles.